The molecule has 0 amide bonds. The van der Waals surface area contributed by atoms with Gasteiger partial charge in [0.25, 0.3) is 0 Å². The molecule has 1 N–H and O–H groups in total. The Hall–Kier alpha value is -0.580. The number of rotatable bonds is 6. The van der Waals surface area contributed by atoms with Crippen LogP contribution in [0.2, 0.25) is 5.02 Å². The maximum absolute atomic E-state index is 6.33. The Morgan fingerprint density at radius 3 is 2.59 bits per heavy atom. The molecule has 0 saturated heterocycles. The van der Waals surface area contributed by atoms with Gasteiger partial charge in [-0.15, -0.1) is 0 Å². The second kappa shape index (κ2) is 6.38. The molecule has 0 aliphatic rings. The molecule has 1 rings (SSSR count). The molecule has 0 aliphatic carbocycles. The topological polar surface area (TPSA) is 39.1 Å². The van der Waals surface area contributed by atoms with Gasteiger partial charge in [-0.05, 0) is 20.4 Å². The number of hydrogen-bond donors (Lipinski definition) is 1. The van der Waals surface area contributed by atoms with Crippen LogP contribution < -0.4 is 5.32 Å². The van der Waals surface area contributed by atoms with Crippen molar-refractivity contribution in [1.29, 1.82) is 0 Å². The average molecular weight is 260 g/mol. The molecular weight excluding hydrogens is 238 g/mol. The first kappa shape index (κ1) is 14.5. The lowest BCUT2D eigenvalue weighted by Gasteiger charge is -2.22. The third-order valence-electron chi connectivity index (χ3n) is 3.23. The van der Waals surface area contributed by atoms with Crippen LogP contribution in [-0.2, 0) is 24.6 Å². The Kier molecular flexibility index (Phi) is 5.43. The second-order valence-corrected chi connectivity index (χ2v) is 4.60. The van der Waals surface area contributed by atoms with E-state index < -0.39 is 0 Å². The Labute approximate surface area is 108 Å². The quantitative estimate of drug-likeness (QED) is 0.847. The first-order valence-electron chi connectivity index (χ1n) is 5.95. The van der Waals surface area contributed by atoms with E-state index in [2.05, 4.69) is 17.3 Å². The van der Waals surface area contributed by atoms with Crippen LogP contribution in [0.15, 0.2) is 0 Å². The van der Waals surface area contributed by atoms with Gasteiger partial charge in [0.2, 0.25) is 0 Å². The number of aryl methyl sites for hydroxylation is 2. The van der Waals surface area contributed by atoms with Crippen molar-refractivity contribution >= 4 is 11.6 Å². The molecule has 4 nitrogen and oxygen atoms in total. The Balaban J connectivity index is 2.89. The highest BCUT2D eigenvalue weighted by Gasteiger charge is 2.20. The zero-order valence-electron chi connectivity index (χ0n) is 11.2. The Morgan fingerprint density at radius 2 is 2.18 bits per heavy atom. The molecule has 2 atom stereocenters. The van der Waals surface area contributed by atoms with E-state index in [0.717, 1.165) is 29.3 Å². The van der Waals surface area contributed by atoms with E-state index >= 15 is 0 Å². The van der Waals surface area contributed by atoms with Gasteiger partial charge in [0.05, 0.1) is 22.5 Å². The van der Waals surface area contributed by atoms with Crippen molar-refractivity contribution in [3.05, 3.63) is 16.4 Å². The summed E-state index contributed by atoms with van der Waals surface area (Å²) in [6.07, 6.45) is 1.81. The number of aromatic nitrogens is 2. The fraction of sp³-hybridized carbons (Fsp3) is 0.750. The van der Waals surface area contributed by atoms with Gasteiger partial charge in [0.1, 0.15) is 0 Å². The van der Waals surface area contributed by atoms with Gasteiger partial charge in [-0.2, -0.15) is 5.10 Å². The van der Waals surface area contributed by atoms with E-state index in [4.69, 9.17) is 16.3 Å². The summed E-state index contributed by atoms with van der Waals surface area (Å²) in [6, 6.07) is 0.234. The number of ether oxygens (including phenoxy) is 1. The number of hydrogen-bond acceptors (Lipinski definition) is 3. The zero-order valence-corrected chi connectivity index (χ0v) is 12.0. The standard InChI is InChI=1S/C12H22ClN3O/c1-6-9-12(13)11(16(4)15-9)7-10(14-3)8(2)17-5/h8,10,14H,6-7H2,1-5H3. The van der Waals surface area contributed by atoms with E-state index in [1.807, 2.05) is 25.7 Å². The molecule has 0 aromatic carbocycles. The molecular formula is C12H22ClN3O. The number of halogens is 1. The van der Waals surface area contributed by atoms with Crippen LogP contribution in [0.5, 0.6) is 0 Å². The molecule has 1 heterocycles. The number of likely N-dealkylation sites (N-methyl/N-ethyl adjacent to an activating group) is 1. The fourth-order valence-corrected chi connectivity index (χ4v) is 2.29. The summed E-state index contributed by atoms with van der Waals surface area (Å²) >= 11 is 6.33. The van der Waals surface area contributed by atoms with Crippen molar-refractivity contribution in [2.75, 3.05) is 14.2 Å². The molecule has 0 saturated carbocycles. The van der Waals surface area contributed by atoms with Gasteiger partial charge >= 0.3 is 0 Å². The fourth-order valence-electron chi connectivity index (χ4n) is 1.92. The van der Waals surface area contributed by atoms with Crippen LogP contribution in [-0.4, -0.2) is 36.1 Å². The summed E-state index contributed by atoms with van der Waals surface area (Å²) in [4.78, 5) is 0. The van der Waals surface area contributed by atoms with Crippen LogP contribution in [0.4, 0.5) is 0 Å². The van der Waals surface area contributed by atoms with E-state index in [1.165, 1.54) is 0 Å². The molecule has 2 unspecified atom stereocenters. The minimum atomic E-state index is 0.135. The monoisotopic (exact) mass is 259 g/mol. The first-order valence-corrected chi connectivity index (χ1v) is 6.33. The highest BCUT2D eigenvalue weighted by atomic mass is 35.5. The maximum atomic E-state index is 6.33. The molecule has 0 aliphatic heterocycles. The molecule has 98 valence electrons. The first-order chi connectivity index (χ1) is 8.04. The number of nitrogens with one attached hydrogen (secondary N) is 1. The van der Waals surface area contributed by atoms with Crippen LogP contribution in [0.3, 0.4) is 0 Å². The van der Waals surface area contributed by atoms with Crippen molar-refractivity contribution < 1.29 is 4.74 Å². The Morgan fingerprint density at radius 1 is 1.53 bits per heavy atom. The largest absolute Gasteiger partial charge is 0.380 e. The highest BCUT2D eigenvalue weighted by molar-refractivity contribution is 6.31. The molecule has 17 heavy (non-hydrogen) atoms. The third-order valence-corrected chi connectivity index (χ3v) is 3.66. The highest BCUT2D eigenvalue weighted by Crippen LogP contribution is 2.22. The van der Waals surface area contributed by atoms with Crippen molar-refractivity contribution in [2.45, 2.75) is 38.8 Å². The van der Waals surface area contributed by atoms with Crippen LogP contribution >= 0.6 is 11.6 Å². The number of nitrogens with zero attached hydrogens (tertiary/aromatic N) is 2. The molecule has 1 aromatic rings. The summed E-state index contributed by atoms with van der Waals surface area (Å²) in [5.74, 6) is 0. The lowest BCUT2D eigenvalue weighted by atomic mass is 10.1. The average Bonchev–Trinajstić information content (AvgIpc) is 2.61. The van der Waals surface area contributed by atoms with E-state index in [9.17, 15) is 0 Å². The minimum absolute atomic E-state index is 0.135. The molecule has 0 bridgehead atoms. The van der Waals surface area contributed by atoms with Crippen LogP contribution in [0.1, 0.15) is 25.2 Å². The third kappa shape index (κ3) is 3.21. The van der Waals surface area contributed by atoms with Gasteiger partial charge in [0.15, 0.2) is 0 Å². The smallest absolute Gasteiger partial charge is 0.0850 e. The maximum Gasteiger partial charge on any atom is 0.0850 e. The van der Waals surface area contributed by atoms with Crippen LogP contribution in [0.25, 0.3) is 0 Å². The normalized spacial score (nSPS) is 14.9. The van der Waals surface area contributed by atoms with Gasteiger partial charge in [-0.25, -0.2) is 0 Å². The van der Waals surface area contributed by atoms with Gasteiger partial charge in [-0.1, -0.05) is 18.5 Å². The zero-order chi connectivity index (χ0) is 13.0. The van der Waals surface area contributed by atoms with Crippen LogP contribution in [0, 0.1) is 0 Å². The molecule has 0 fully saturated rings. The van der Waals surface area contributed by atoms with Gasteiger partial charge in [-0.3, -0.25) is 4.68 Å². The SMILES string of the molecule is CCc1nn(C)c(CC(NC)C(C)OC)c1Cl. The predicted molar refractivity (Wildman–Crippen MR) is 70.6 cm³/mol. The summed E-state index contributed by atoms with van der Waals surface area (Å²) in [6.45, 7) is 4.11. The summed E-state index contributed by atoms with van der Waals surface area (Å²) < 4.78 is 7.22. The van der Waals surface area contributed by atoms with E-state index in [1.54, 1.807) is 7.11 Å². The van der Waals surface area contributed by atoms with Crippen molar-refractivity contribution in [1.82, 2.24) is 15.1 Å². The predicted octanol–water partition coefficient (Wildman–Crippen LogP) is 1.80. The van der Waals surface area contributed by atoms with Gasteiger partial charge < -0.3 is 10.1 Å². The Bertz CT molecular complexity index is 365. The van der Waals surface area contributed by atoms with Gasteiger partial charge in [0, 0.05) is 26.6 Å². The lowest BCUT2D eigenvalue weighted by Crippen LogP contribution is -2.39. The summed E-state index contributed by atoms with van der Waals surface area (Å²) in [5, 5.41) is 8.47. The molecule has 5 heteroatoms. The van der Waals surface area contributed by atoms with Crippen molar-refractivity contribution in [3.63, 3.8) is 0 Å². The second-order valence-electron chi connectivity index (χ2n) is 4.22. The van der Waals surface area contributed by atoms with Crippen molar-refractivity contribution in [3.8, 4) is 0 Å². The minimum Gasteiger partial charge on any atom is -0.380 e. The lowest BCUT2D eigenvalue weighted by molar-refractivity contribution is 0.0851. The van der Waals surface area contributed by atoms with E-state index in [0.29, 0.717) is 0 Å². The summed E-state index contributed by atoms with van der Waals surface area (Å²) in [7, 11) is 5.59. The number of methoxy groups -OCH3 is 1. The van der Waals surface area contributed by atoms with Crippen molar-refractivity contribution in [2.24, 2.45) is 7.05 Å². The molecule has 0 radical (unpaired) electrons. The molecule has 1 aromatic heterocycles. The summed E-state index contributed by atoms with van der Waals surface area (Å²) in [5.41, 5.74) is 2.02. The van der Waals surface area contributed by atoms with E-state index in [-0.39, 0.29) is 12.1 Å². The molecule has 0 spiro atoms.